The van der Waals surface area contributed by atoms with E-state index in [4.69, 9.17) is 4.74 Å². The second-order valence-corrected chi connectivity index (χ2v) is 7.10. The highest BCUT2D eigenvalue weighted by molar-refractivity contribution is 7.16. The van der Waals surface area contributed by atoms with Crippen LogP contribution in [0.5, 0.6) is 5.75 Å². The summed E-state index contributed by atoms with van der Waals surface area (Å²) in [5, 5.41) is 2.84. The van der Waals surface area contributed by atoms with Gasteiger partial charge in [-0.25, -0.2) is 0 Å². The molecule has 130 valence electrons. The van der Waals surface area contributed by atoms with Gasteiger partial charge < -0.3 is 14.6 Å². The minimum Gasteiger partial charge on any atom is -0.481 e. The Morgan fingerprint density at radius 3 is 2.64 bits per heavy atom. The summed E-state index contributed by atoms with van der Waals surface area (Å²) in [6.45, 7) is 5.75. The number of nitrogens with zero attached hydrogens (tertiary/aromatic N) is 1. The molecule has 1 aromatic heterocycles. The number of fused-ring (bicyclic) bond motifs is 1. The summed E-state index contributed by atoms with van der Waals surface area (Å²) < 4.78 is 8.17. The summed E-state index contributed by atoms with van der Waals surface area (Å²) in [4.78, 5) is 24.1. The number of rotatable bonds is 4. The molecule has 0 fully saturated rings. The fourth-order valence-corrected chi connectivity index (χ4v) is 3.42. The monoisotopic (exact) mass is 356 g/mol. The maximum atomic E-state index is 12.4. The normalized spacial score (nSPS) is 12.2. The molecule has 0 spiro atoms. The van der Waals surface area contributed by atoms with Crippen LogP contribution in [0.1, 0.15) is 18.1 Å². The highest BCUT2D eigenvalue weighted by Crippen LogP contribution is 2.22. The molecule has 0 saturated carbocycles. The number of benzene rings is 2. The number of aromatic nitrogens is 1. The van der Waals surface area contributed by atoms with Crippen molar-refractivity contribution in [3.05, 3.63) is 57.2 Å². The second-order valence-electron chi connectivity index (χ2n) is 6.10. The number of anilines is 1. The number of aryl methyl sites for hydroxylation is 3. The van der Waals surface area contributed by atoms with Gasteiger partial charge in [0.2, 0.25) is 0 Å². The second kappa shape index (κ2) is 6.72. The molecular formula is C19H20N2O3S. The molecule has 0 aliphatic rings. The van der Waals surface area contributed by atoms with Crippen LogP contribution in [0.2, 0.25) is 0 Å². The summed E-state index contributed by atoms with van der Waals surface area (Å²) >= 11 is 1.16. The molecule has 1 N–H and O–H groups in total. The van der Waals surface area contributed by atoms with Crippen molar-refractivity contribution in [2.45, 2.75) is 26.9 Å². The van der Waals surface area contributed by atoms with Crippen molar-refractivity contribution in [1.29, 1.82) is 0 Å². The standard InChI is InChI=1S/C19H20N2O3S/c1-11-5-7-15(9-12(11)2)24-13(3)18(22)20-14-6-8-16-17(10-14)25-19(23)21(16)4/h5-10,13H,1-4H3,(H,20,22)/t13-/m1/s1. The SMILES string of the molecule is Cc1ccc(O[C@H](C)C(=O)Nc2ccc3c(c2)sc(=O)n3C)cc1C. The van der Waals surface area contributed by atoms with Gasteiger partial charge in [0.05, 0.1) is 10.2 Å². The van der Waals surface area contributed by atoms with E-state index in [-0.39, 0.29) is 10.8 Å². The third-order valence-electron chi connectivity index (χ3n) is 4.22. The van der Waals surface area contributed by atoms with E-state index in [0.717, 1.165) is 27.1 Å². The Labute approximate surface area is 149 Å². The highest BCUT2D eigenvalue weighted by Gasteiger charge is 2.16. The van der Waals surface area contributed by atoms with Gasteiger partial charge in [-0.2, -0.15) is 0 Å². The van der Waals surface area contributed by atoms with Gasteiger partial charge in [0, 0.05) is 12.7 Å². The molecule has 6 heteroatoms. The first-order valence-corrected chi connectivity index (χ1v) is 8.81. The quantitative estimate of drug-likeness (QED) is 0.777. The topological polar surface area (TPSA) is 60.3 Å². The van der Waals surface area contributed by atoms with Crippen molar-refractivity contribution in [1.82, 2.24) is 4.57 Å². The maximum absolute atomic E-state index is 12.4. The molecule has 5 nitrogen and oxygen atoms in total. The first-order valence-electron chi connectivity index (χ1n) is 7.99. The van der Waals surface area contributed by atoms with Crippen LogP contribution in [-0.2, 0) is 11.8 Å². The average Bonchev–Trinajstić information content (AvgIpc) is 2.85. The average molecular weight is 356 g/mol. The van der Waals surface area contributed by atoms with Crippen molar-refractivity contribution in [2.75, 3.05) is 5.32 Å². The fourth-order valence-electron chi connectivity index (χ4n) is 2.50. The van der Waals surface area contributed by atoms with Crippen LogP contribution < -0.4 is 14.9 Å². The Bertz CT molecular complexity index is 1000. The molecule has 25 heavy (non-hydrogen) atoms. The Kier molecular flexibility index (Phi) is 4.63. The third-order valence-corrected chi connectivity index (χ3v) is 5.22. The molecule has 1 heterocycles. The van der Waals surface area contributed by atoms with Gasteiger partial charge in [-0.3, -0.25) is 9.59 Å². The van der Waals surface area contributed by atoms with E-state index in [9.17, 15) is 9.59 Å². The van der Waals surface area contributed by atoms with E-state index in [1.165, 1.54) is 5.56 Å². The predicted octanol–water partition coefficient (Wildman–Crippen LogP) is 3.62. The van der Waals surface area contributed by atoms with Crippen molar-refractivity contribution in [2.24, 2.45) is 7.05 Å². The third kappa shape index (κ3) is 3.58. The molecule has 0 bridgehead atoms. The van der Waals surface area contributed by atoms with E-state index in [1.807, 2.05) is 44.2 Å². The molecule has 3 rings (SSSR count). The predicted molar refractivity (Wildman–Crippen MR) is 102 cm³/mol. The molecule has 1 amide bonds. The van der Waals surface area contributed by atoms with Gasteiger partial charge in [-0.15, -0.1) is 0 Å². The Morgan fingerprint density at radius 1 is 1.16 bits per heavy atom. The van der Waals surface area contributed by atoms with Crippen molar-refractivity contribution >= 4 is 33.1 Å². The molecule has 1 atom stereocenters. The van der Waals surface area contributed by atoms with Crippen LogP contribution in [0, 0.1) is 13.8 Å². The largest absolute Gasteiger partial charge is 0.481 e. The number of thiazole rings is 1. The number of hydrogen-bond acceptors (Lipinski definition) is 4. The highest BCUT2D eigenvalue weighted by atomic mass is 32.1. The number of hydrogen-bond donors (Lipinski definition) is 1. The zero-order valence-electron chi connectivity index (χ0n) is 14.6. The minimum absolute atomic E-state index is 0.0232. The van der Waals surface area contributed by atoms with Crippen LogP contribution in [0.15, 0.2) is 41.2 Å². The Morgan fingerprint density at radius 2 is 1.92 bits per heavy atom. The lowest BCUT2D eigenvalue weighted by molar-refractivity contribution is -0.122. The van der Waals surface area contributed by atoms with E-state index in [0.29, 0.717) is 11.4 Å². The lowest BCUT2D eigenvalue weighted by Gasteiger charge is -2.15. The molecule has 0 radical (unpaired) electrons. The van der Waals surface area contributed by atoms with Gasteiger partial charge in [-0.1, -0.05) is 17.4 Å². The maximum Gasteiger partial charge on any atom is 0.307 e. The fraction of sp³-hybridized carbons (Fsp3) is 0.263. The Balaban J connectivity index is 1.72. The van der Waals surface area contributed by atoms with Crippen molar-refractivity contribution in [3.63, 3.8) is 0 Å². The molecular weight excluding hydrogens is 336 g/mol. The number of ether oxygens (including phenoxy) is 1. The van der Waals surface area contributed by atoms with Gasteiger partial charge >= 0.3 is 4.87 Å². The molecule has 3 aromatic rings. The summed E-state index contributed by atoms with van der Waals surface area (Å²) in [6.07, 6.45) is -0.632. The smallest absolute Gasteiger partial charge is 0.307 e. The summed E-state index contributed by atoms with van der Waals surface area (Å²) in [7, 11) is 1.74. The summed E-state index contributed by atoms with van der Waals surface area (Å²) in [5.74, 6) is 0.434. The van der Waals surface area contributed by atoms with Gasteiger partial charge in [0.15, 0.2) is 6.10 Å². The minimum atomic E-state index is -0.632. The molecule has 0 aliphatic carbocycles. The van der Waals surface area contributed by atoms with Crippen LogP contribution in [0.4, 0.5) is 5.69 Å². The van der Waals surface area contributed by atoms with E-state index >= 15 is 0 Å². The van der Waals surface area contributed by atoms with Crippen LogP contribution in [0.25, 0.3) is 10.2 Å². The number of nitrogens with one attached hydrogen (secondary N) is 1. The van der Waals surface area contributed by atoms with E-state index < -0.39 is 6.10 Å². The van der Waals surface area contributed by atoms with E-state index in [1.54, 1.807) is 24.6 Å². The van der Waals surface area contributed by atoms with Crippen LogP contribution >= 0.6 is 11.3 Å². The van der Waals surface area contributed by atoms with Crippen molar-refractivity contribution < 1.29 is 9.53 Å². The first kappa shape index (κ1) is 17.2. The van der Waals surface area contributed by atoms with Gasteiger partial charge in [0.25, 0.3) is 5.91 Å². The Hall–Kier alpha value is -2.60. The molecule has 0 unspecified atom stereocenters. The number of carbonyl (C=O) groups is 1. The number of carbonyl (C=O) groups excluding carboxylic acids is 1. The zero-order chi connectivity index (χ0) is 18.1. The lowest BCUT2D eigenvalue weighted by atomic mass is 10.1. The zero-order valence-corrected chi connectivity index (χ0v) is 15.4. The lowest BCUT2D eigenvalue weighted by Crippen LogP contribution is -2.30. The molecule has 0 aliphatic heterocycles. The van der Waals surface area contributed by atoms with Gasteiger partial charge in [0.1, 0.15) is 5.75 Å². The number of amides is 1. The molecule has 0 saturated heterocycles. The van der Waals surface area contributed by atoms with E-state index in [2.05, 4.69) is 5.32 Å². The van der Waals surface area contributed by atoms with Crippen LogP contribution in [-0.4, -0.2) is 16.6 Å². The summed E-state index contributed by atoms with van der Waals surface area (Å²) in [6, 6.07) is 11.2. The summed E-state index contributed by atoms with van der Waals surface area (Å²) in [5.41, 5.74) is 3.80. The molecule has 2 aromatic carbocycles. The van der Waals surface area contributed by atoms with Crippen molar-refractivity contribution in [3.8, 4) is 5.75 Å². The van der Waals surface area contributed by atoms with Crippen LogP contribution in [0.3, 0.4) is 0 Å². The van der Waals surface area contributed by atoms with Gasteiger partial charge in [-0.05, 0) is 62.2 Å². The first-order chi connectivity index (χ1) is 11.8.